The van der Waals surface area contributed by atoms with Crippen LogP contribution in [0.15, 0.2) is 29.2 Å². The first kappa shape index (κ1) is 19.4. The Labute approximate surface area is 135 Å². The van der Waals surface area contributed by atoms with E-state index in [0.717, 1.165) is 6.42 Å². The monoisotopic (exact) mass is 308 g/mol. The summed E-state index contributed by atoms with van der Waals surface area (Å²) in [6.45, 7) is 5.88. The van der Waals surface area contributed by atoms with Gasteiger partial charge in [0.2, 0.25) is 0 Å². The van der Waals surface area contributed by atoms with Gasteiger partial charge in [0.1, 0.15) is 4.90 Å². The fraction of sp³-hybridized carbons (Fsp3) is 0.417. The molecule has 1 N–H and O–H groups in total. The number of hydrogen-bond donors (Lipinski definition) is 1. The molecule has 0 heterocycles. The quantitative estimate of drug-likeness (QED) is 0.582. The molecule has 1 aromatic rings. The summed E-state index contributed by atoms with van der Waals surface area (Å²) in [5.41, 5.74) is -0.149. The van der Waals surface area contributed by atoms with Crippen LogP contribution in [0.2, 0.25) is 5.04 Å². The van der Waals surface area contributed by atoms with Crippen molar-refractivity contribution in [2.45, 2.75) is 37.1 Å². The van der Waals surface area contributed by atoms with Gasteiger partial charge in [-0.25, -0.2) is 4.79 Å². The molecule has 8 heteroatoms. The third-order valence-electron chi connectivity index (χ3n) is 2.69. The predicted octanol–water partition coefficient (Wildman–Crippen LogP) is -0.566. The molecule has 0 aliphatic carbocycles. The van der Waals surface area contributed by atoms with E-state index in [1.165, 1.54) is 24.3 Å². The summed E-state index contributed by atoms with van der Waals surface area (Å²) in [5.74, 6) is -0.743. The molecule has 0 spiro atoms. The SMILES string of the molecule is CCC(C)(C)[Si]OC(=O)c1ccccc1S(=O)(=O)O.[H-].[Li+]. The minimum atomic E-state index is -4.44. The molecular formula is C12H17LiO5SSi. The van der Waals surface area contributed by atoms with Crippen molar-refractivity contribution in [2.24, 2.45) is 0 Å². The maximum absolute atomic E-state index is 11.9. The Morgan fingerprint density at radius 1 is 1.40 bits per heavy atom. The summed E-state index contributed by atoms with van der Waals surface area (Å²) in [5, 5.41) is -0.150. The second kappa shape index (κ2) is 7.43. The molecule has 0 saturated carbocycles. The molecule has 0 aliphatic rings. The Bertz CT molecular complexity index is 577. The first-order valence-corrected chi connectivity index (χ1v) is 8.07. The van der Waals surface area contributed by atoms with Crippen molar-refractivity contribution in [3.05, 3.63) is 29.8 Å². The van der Waals surface area contributed by atoms with Gasteiger partial charge >= 0.3 is 34.6 Å². The molecule has 0 atom stereocenters. The number of carbonyl (C=O) groups is 1. The maximum Gasteiger partial charge on any atom is 1.00 e. The molecule has 0 unspecified atom stereocenters. The van der Waals surface area contributed by atoms with E-state index in [0.29, 0.717) is 0 Å². The number of hydrogen-bond acceptors (Lipinski definition) is 4. The molecule has 0 amide bonds. The summed E-state index contributed by atoms with van der Waals surface area (Å²) < 4.78 is 36.5. The first-order valence-electron chi connectivity index (χ1n) is 5.72. The van der Waals surface area contributed by atoms with Gasteiger partial charge in [-0.05, 0) is 17.2 Å². The van der Waals surface area contributed by atoms with Crippen molar-refractivity contribution in [3.63, 3.8) is 0 Å². The molecule has 5 nitrogen and oxygen atoms in total. The van der Waals surface area contributed by atoms with Crippen LogP contribution in [0.3, 0.4) is 0 Å². The first-order chi connectivity index (χ1) is 8.67. The molecule has 2 radical (unpaired) electrons. The third kappa shape index (κ3) is 5.42. The van der Waals surface area contributed by atoms with Crippen LogP contribution in [0, 0.1) is 0 Å². The zero-order chi connectivity index (χ0) is 14.7. The zero-order valence-corrected chi connectivity index (χ0v) is 13.8. The van der Waals surface area contributed by atoms with Gasteiger partial charge in [0.05, 0.1) is 5.56 Å². The Balaban J connectivity index is 0. The Morgan fingerprint density at radius 3 is 2.45 bits per heavy atom. The van der Waals surface area contributed by atoms with Crippen molar-refractivity contribution in [2.75, 3.05) is 0 Å². The summed E-state index contributed by atoms with van der Waals surface area (Å²) in [7, 11) is -4.52. The predicted molar refractivity (Wildman–Crippen MR) is 72.9 cm³/mol. The molecule has 0 bridgehead atoms. The number of rotatable bonds is 5. The van der Waals surface area contributed by atoms with Crippen molar-refractivity contribution < 1.29 is 42.5 Å². The number of benzene rings is 1. The van der Waals surface area contributed by atoms with Crippen LogP contribution in [0.4, 0.5) is 0 Å². The van der Waals surface area contributed by atoms with Crippen LogP contribution < -0.4 is 18.9 Å². The van der Waals surface area contributed by atoms with E-state index in [1.807, 2.05) is 20.8 Å². The van der Waals surface area contributed by atoms with E-state index < -0.39 is 21.0 Å². The van der Waals surface area contributed by atoms with Crippen molar-refractivity contribution >= 4 is 25.9 Å². The van der Waals surface area contributed by atoms with E-state index >= 15 is 0 Å². The zero-order valence-electron chi connectivity index (χ0n) is 13.0. The van der Waals surface area contributed by atoms with Gasteiger partial charge in [-0.3, -0.25) is 4.55 Å². The molecule has 0 aliphatic heterocycles. The summed E-state index contributed by atoms with van der Waals surface area (Å²) in [6.07, 6.45) is 0.832. The van der Waals surface area contributed by atoms with E-state index in [1.54, 1.807) is 0 Å². The molecule has 20 heavy (non-hydrogen) atoms. The van der Waals surface area contributed by atoms with Gasteiger partial charge in [0.15, 0.2) is 0 Å². The van der Waals surface area contributed by atoms with Gasteiger partial charge in [-0.1, -0.05) is 39.3 Å². The van der Waals surface area contributed by atoms with Crippen LogP contribution in [-0.2, 0) is 14.5 Å². The number of carbonyl (C=O) groups excluding carboxylic acids is 1. The average Bonchev–Trinajstić information content (AvgIpc) is 2.35. The van der Waals surface area contributed by atoms with Gasteiger partial charge < -0.3 is 5.85 Å². The van der Waals surface area contributed by atoms with Crippen molar-refractivity contribution in [1.29, 1.82) is 0 Å². The average molecular weight is 308 g/mol. The van der Waals surface area contributed by atoms with Crippen LogP contribution in [0.25, 0.3) is 0 Å². The van der Waals surface area contributed by atoms with E-state index in [2.05, 4.69) is 0 Å². The second-order valence-corrected chi connectivity index (χ2v) is 7.85. The van der Waals surface area contributed by atoms with Crippen molar-refractivity contribution in [1.82, 2.24) is 0 Å². The largest absolute Gasteiger partial charge is 1.00 e. The van der Waals surface area contributed by atoms with Gasteiger partial charge in [0.25, 0.3) is 10.1 Å². The minimum Gasteiger partial charge on any atom is -1.00 e. The summed E-state index contributed by atoms with van der Waals surface area (Å²) >= 11 is 0. The van der Waals surface area contributed by atoms with Crippen LogP contribution in [0.1, 0.15) is 39.0 Å². The molecular weight excluding hydrogens is 291 g/mol. The normalized spacial score (nSPS) is 11.6. The minimum absolute atomic E-state index is 0. The smallest absolute Gasteiger partial charge is 1.00 e. The molecule has 0 aromatic heterocycles. The maximum atomic E-state index is 11.9. The van der Waals surface area contributed by atoms with Crippen molar-refractivity contribution in [3.8, 4) is 0 Å². The van der Waals surface area contributed by atoms with Crippen LogP contribution in [0.5, 0.6) is 0 Å². The standard InChI is InChI=1S/C12H16O5SSi.Li.H/c1-4-12(2,3)19-17-11(13)9-7-5-6-8-10(9)18(14,15)16;;/h5-8H,4H2,1-3H3,(H,14,15,16);;/q;+1;-1. The molecule has 0 fully saturated rings. The molecule has 1 rings (SSSR count). The summed E-state index contributed by atoms with van der Waals surface area (Å²) in [4.78, 5) is 11.5. The van der Waals surface area contributed by atoms with Gasteiger partial charge in [0, 0.05) is 0 Å². The fourth-order valence-electron chi connectivity index (χ4n) is 1.17. The van der Waals surface area contributed by atoms with Crippen LogP contribution >= 0.6 is 0 Å². The molecule has 1 aromatic carbocycles. The van der Waals surface area contributed by atoms with Gasteiger partial charge in [-0.2, -0.15) is 8.42 Å². The van der Waals surface area contributed by atoms with E-state index in [9.17, 15) is 13.2 Å². The topological polar surface area (TPSA) is 80.7 Å². The Hall–Kier alpha value is -0.586. The molecule has 0 saturated heterocycles. The molecule has 106 valence electrons. The second-order valence-electron chi connectivity index (χ2n) is 4.70. The van der Waals surface area contributed by atoms with E-state index in [-0.39, 0.29) is 40.7 Å². The Morgan fingerprint density at radius 2 is 1.95 bits per heavy atom. The van der Waals surface area contributed by atoms with Crippen LogP contribution in [-0.4, -0.2) is 28.7 Å². The summed E-state index contributed by atoms with van der Waals surface area (Å²) in [6, 6.07) is 5.42. The van der Waals surface area contributed by atoms with E-state index in [4.69, 9.17) is 8.98 Å². The Kier molecular flexibility index (Phi) is 7.21. The van der Waals surface area contributed by atoms with Gasteiger partial charge in [-0.15, -0.1) is 0 Å². The fourth-order valence-corrected chi connectivity index (χ4v) is 2.47. The third-order valence-corrected chi connectivity index (χ3v) is 4.79.